The van der Waals surface area contributed by atoms with Crippen molar-refractivity contribution in [1.29, 1.82) is 0 Å². The molecule has 0 atom stereocenters. The molecule has 1 aliphatic heterocycles. The van der Waals surface area contributed by atoms with E-state index in [2.05, 4.69) is 24.5 Å². The normalized spacial score (nSPS) is 17.8. The van der Waals surface area contributed by atoms with Gasteiger partial charge in [0, 0.05) is 5.38 Å². The molecule has 0 spiro atoms. The van der Waals surface area contributed by atoms with Gasteiger partial charge in [0.15, 0.2) is 0 Å². The second-order valence-electron chi connectivity index (χ2n) is 5.56. The fraction of sp³-hybridized carbons (Fsp3) is 0.786. The van der Waals surface area contributed by atoms with Gasteiger partial charge in [0.05, 0.1) is 10.7 Å². The van der Waals surface area contributed by atoms with Crippen LogP contribution in [0.3, 0.4) is 0 Å². The number of thiazole rings is 1. The summed E-state index contributed by atoms with van der Waals surface area (Å²) in [6.45, 7) is 6.93. The van der Waals surface area contributed by atoms with E-state index in [1.54, 1.807) is 0 Å². The predicted molar refractivity (Wildman–Crippen MR) is 74.6 cm³/mol. The lowest BCUT2D eigenvalue weighted by Crippen LogP contribution is -2.27. The molecule has 3 heteroatoms. The number of hydrogen-bond donors (Lipinski definition) is 1. The van der Waals surface area contributed by atoms with Gasteiger partial charge in [0.25, 0.3) is 0 Å². The summed E-state index contributed by atoms with van der Waals surface area (Å²) in [7, 11) is 0. The van der Waals surface area contributed by atoms with Gasteiger partial charge in [-0.15, -0.1) is 11.3 Å². The average molecular weight is 252 g/mol. The fourth-order valence-electron chi connectivity index (χ4n) is 2.47. The van der Waals surface area contributed by atoms with E-state index in [-0.39, 0.29) is 0 Å². The monoisotopic (exact) mass is 252 g/mol. The van der Waals surface area contributed by atoms with Crippen LogP contribution in [0.1, 0.15) is 43.8 Å². The molecular weight excluding hydrogens is 228 g/mol. The van der Waals surface area contributed by atoms with E-state index in [9.17, 15) is 0 Å². The van der Waals surface area contributed by atoms with Gasteiger partial charge in [-0.25, -0.2) is 4.98 Å². The number of rotatable bonds is 5. The molecule has 1 fully saturated rings. The Balaban J connectivity index is 1.76. The van der Waals surface area contributed by atoms with Crippen molar-refractivity contribution < 1.29 is 0 Å². The standard InChI is InChI=1S/C14H24N2S/c1-11(2)9-13-10-17-14(16-13)4-3-12-5-7-15-8-6-12/h10-12,15H,3-9H2,1-2H3. The summed E-state index contributed by atoms with van der Waals surface area (Å²) >= 11 is 1.85. The fourth-order valence-corrected chi connectivity index (χ4v) is 3.30. The number of aryl methyl sites for hydroxylation is 1. The second-order valence-corrected chi connectivity index (χ2v) is 6.51. The number of piperidine rings is 1. The summed E-state index contributed by atoms with van der Waals surface area (Å²) in [5.41, 5.74) is 1.30. The highest BCUT2D eigenvalue weighted by Gasteiger charge is 2.13. The summed E-state index contributed by atoms with van der Waals surface area (Å²) in [5, 5.41) is 7.02. The highest BCUT2D eigenvalue weighted by Crippen LogP contribution is 2.21. The lowest BCUT2D eigenvalue weighted by atomic mass is 9.93. The third-order valence-corrected chi connectivity index (χ3v) is 4.40. The lowest BCUT2D eigenvalue weighted by Gasteiger charge is -2.21. The summed E-state index contributed by atoms with van der Waals surface area (Å²) in [5.74, 6) is 1.64. The van der Waals surface area contributed by atoms with Crippen molar-refractivity contribution in [3.8, 4) is 0 Å². The van der Waals surface area contributed by atoms with Gasteiger partial charge in [-0.05, 0) is 57.0 Å². The maximum absolute atomic E-state index is 4.74. The van der Waals surface area contributed by atoms with Gasteiger partial charge in [0.1, 0.15) is 0 Å². The Morgan fingerprint density at radius 1 is 1.41 bits per heavy atom. The molecule has 1 aromatic rings. The predicted octanol–water partition coefficient (Wildman–Crippen LogP) is 3.27. The van der Waals surface area contributed by atoms with Crippen molar-refractivity contribution in [3.05, 3.63) is 16.1 Å². The van der Waals surface area contributed by atoms with E-state index in [4.69, 9.17) is 4.98 Å². The van der Waals surface area contributed by atoms with E-state index >= 15 is 0 Å². The summed E-state index contributed by atoms with van der Waals surface area (Å²) in [6, 6.07) is 0. The van der Waals surface area contributed by atoms with Crippen LogP contribution in [0, 0.1) is 11.8 Å². The minimum atomic E-state index is 0.717. The van der Waals surface area contributed by atoms with E-state index < -0.39 is 0 Å². The SMILES string of the molecule is CC(C)Cc1csc(CCC2CCNCC2)n1. The van der Waals surface area contributed by atoms with E-state index in [0.29, 0.717) is 0 Å². The van der Waals surface area contributed by atoms with E-state index in [1.165, 1.54) is 49.5 Å². The van der Waals surface area contributed by atoms with Crippen molar-refractivity contribution >= 4 is 11.3 Å². The van der Waals surface area contributed by atoms with Crippen LogP contribution in [-0.2, 0) is 12.8 Å². The summed E-state index contributed by atoms with van der Waals surface area (Å²) < 4.78 is 0. The molecule has 2 nitrogen and oxygen atoms in total. The third kappa shape index (κ3) is 4.40. The van der Waals surface area contributed by atoms with E-state index in [1.807, 2.05) is 11.3 Å². The zero-order valence-electron chi connectivity index (χ0n) is 11.0. The van der Waals surface area contributed by atoms with Crippen LogP contribution in [0.5, 0.6) is 0 Å². The smallest absolute Gasteiger partial charge is 0.0928 e. The minimum Gasteiger partial charge on any atom is -0.317 e. The Kier molecular flexibility index (Phi) is 4.99. The van der Waals surface area contributed by atoms with Crippen LogP contribution in [0.15, 0.2) is 5.38 Å². The second kappa shape index (κ2) is 6.50. The Hall–Kier alpha value is -0.410. The molecule has 1 saturated heterocycles. The maximum atomic E-state index is 4.74. The first-order chi connectivity index (χ1) is 8.24. The molecule has 0 radical (unpaired) electrons. The Labute approximate surface area is 109 Å². The average Bonchev–Trinajstić information content (AvgIpc) is 2.75. The van der Waals surface area contributed by atoms with Crippen LogP contribution >= 0.6 is 11.3 Å². The van der Waals surface area contributed by atoms with Crippen LogP contribution in [-0.4, -0.2) is 18.1 Å². The topological polar surface area (TPSA) is 24.9 Å². The molecule has 0 saturated carbocycles. The van der Waals surface area contributed by atoms with Crippen LogP contribution in [0.2, 0.25) is 0 Å². The third-order valence-electron chi connectivity index (χ3n) is 3.44. The Bertz CT molecular complexity index is 327. The minimum absolute atomic E-state index is 0.717. The molecule has 96 valence electrons. The van der Waals surface area contributed by atoms with Crippen LogP contribution in [0.25, 0.3) is 0 Å². The molecule has 1 N–H and O–H groups in total. The zero-order chi connectivity index (χ0) is 12.1. The molecule has 2 rings (SSSR count). The number of aromatic nitrogens is 1. The zero-order valence-corrected chi connectivity index (χ0v) is 11.9. The van der Waals surface area contributed by atoms with Gasteiger partial charge in [-0.1, -0.05) is 13.8 Å². The van der Waals surface area contributed by atoms with Crippen molar-refractivity contribution in [2.24, 2.45) is 11.8 Å². The van der Waals surface area contributed by atoms with Crippen LogP contribution < -0.4 is 5.32 Å². The van der Waals surface area contributed by atoms with Crippen molar-refractivity contribution in [2.45, 2.75) is 46.0 Å². The van der Waals surface area contributed by atoms with E-state index in [0.717, 1.165) is 18.3 Å². The molecule has 0 amide bonds. The van der Waals surface area contributed by atoms with Crippen molar-refractivity contribution in [2.75, 3.05) is 13.1 Å². The first-order valence-corrected chi connectivity index (χ1v) is 7.76. The molecular formula is C14H24N2S. The maximum Gasteiger partial charge on any atom is 0.0928 e. The van der Waals surface area contributed by atoms with Gasteiger partial charge in [-0.2, -0.15) is 0 Å². The summed E-state index contributed by atoms with van der Waals surface area (Å²) in [6.07, 6.45) is 6.35. The number of nitrogens with one attached hydrogen (secondary N) is 1. The molecule has 1 aliphatic rings. The largest absolute Gasteiger partial charge is 0.317 e. The first kappa shape index (κ1) is 13.0. The number of hydrogen-bond acceptors (Lipinski definition) is 3. The molecule has 1 aromatic heterocycles. The van der Waals surface area contributed by atoms with Gasteiger partial charge in [0.2, 0.25) is 0 Å². The molecule has 0 unspecified atom stereocenters. The summed E-state index contributed by atoms with van der Waals surface area (Å²) in [4.78, 5) is 4.74. The highest BCUT2D eigenvalue weighted by atomic mass is 32.1. The molecule has 2 heterocycles. The molecule has 0 aromatic carbocycles. The molecule has 17 heavy (non-hydrogen) atoms. The van der Waals surface area contributed by atoms with Crippen molar-refractivity contribution in [3.63, 3.8) is 0 Å². The Morgan fingerprint density at radius 2 is 2.18 bits per heavy atom. The number of nitrogens with zero attached hydrogens (tertiary/aromatic N) is 1. The quantitative estimate of drug-likeness (QED) is 0.870. The van der Waals surface area contributed by atoms with Crippen molar-refractivity contribution in [1.82, 2.24) is 10.3 Å². The first-order valence-electron chi connectivity index (χ1n) is 6.88. The highest BCUT2D eigenvalue weighted by molar-refractivity contribution is 7.09. The molecule has 0 bridgehead atoms. The van der Waals surface area contributed by atoms with Crippen LogP contribution in [0.4, 0.5) is 0 Å². The van der Waals surface area contributed by atoms with Gasteiger partial charge in [-0.3, -0.25) is 0 Å². The van der Waals surface area contributed by atoms with Gasteiger partial charge < -0.3 is 5.32 Å². The lowest BCUT2D eigenvalue weighted by molar-refractivity contribution is 0.354. The van der Waals surface area contributed by atoms with Gasteiger partial charge >= 0.3 is 0 Å². The Morgan fingerprint density at radius 3 is 2.88 bits per heavy atom. The molecule has 0 aliphatic carbocycles.